The summed E-state index contributed by atoms with van der Waals surface area (Å²) in [5.74, 6) is 2.05. The lowest BCUT2D eigenvalue weighted by Gasteiger charge is -2.34. The van der Waals surface area contributed by atoms with E-state index in [4.69, 9.17) is 28.4 Å². The molecule has 3 aromatic carbocycles. The van der Waals surface area contributed by atoms with Crippen LogP contribution in [0.1, 0.15) is 84.9 Å². The molecule has 0 bridgehead atoms. The van der Waals surface area contributed by atoms with E-state index in [2.05, 4.69) is 4.90 Å². The molecule has 0 aromatic heterocycles. The second kappa shape index (κ2) is 14.2. The second-order valence-corrected chi connectivity index (χ2v) is 12.4. The van der Waals surface area contributed by atoms with Crippen molar-refractivity contribution in [1.82, 2.24) is 4.90 Å². The Morgan fingerprint density at radius 3 is 2.09 bits per heavy atom. The molecule has 0 radical (unpaired) electrons. The molecule has 4 aliphatic rings. The van der Waals surface area contributed by atoms with E-state index in [0.717, 1.165) is 75.0 Å². The number of ketones is 1. The van der Waals surface area contributed by atoms with Crippen LogP contribution in [0.2, 0.25) is 0 Å². The van der Waals surface area contributed by atoms with Crippen molar-refractivity contribution in [2.75, 3.05) is 39.5 Å². The van der Waals surface area contributed by atoms with E-state index in [9.17, 15) is 4.79 Å². The fraction of sp³-hybridized carbons (Fsp3) is 0.486. The van der Waals surface area contributed by atoms with Gasteiger partial charge >= 0.3 is 0 Å². The lowest BCUT2D eigenvalue weighted by molar-refractivity contribution is -0.106. The molecule has 4 heterocycles. The summed E-state index contributed by atoms with van der Waals surface area (Å²) in [6.45, 7) is 5.28. The summed E-state index contributed by atoms with van der Waals surface area (Å²) in [5, 5.41) is 0. The average Bonchev–Trinajstić information content (AvgIpc) is 3.60. The summed E-state index contributed by atoms with van der Waals surface area (Å²) in [6.07, 6.45) is 7.36. The van der Waals surface area contributed by atoms with E-state index in [0.29, 0.717) is 42.6 Å². The van der Waals surface area contributed by atoms with Gasteiger partial charge in [0.15, 0.2) is 18.4 Å². The molecule has 3 aromatic rings. The standard InChI is InChI=1S/C37H43NO7/c39-36-31-25-30(44-34-11-2-6-22-42-34)16-17-32(31)45-37(26-12-14-28(15-13-26)40-23-20-38-18-3-4-19-38)35(36)27-8-7-9-29(24-27)43-33-10-1-5-21-41-33/h7-9,12-17,24-25,33-35,37H,1-6,10-11,18-23H2. The van der Waals surface area contributed by atoms with Crippen LogP contribution in [0.25, 0.3) is 0 Å². The van der Waals surface area contributed by atoms with Gasteiger partial charge in [-0.25, -0.2) is 0 Å². The molecule has 0 aliphatic carbocycles. The molecule has 4 aliphatic heterocycles. The highest BCUT2D eigenvalue weighted by atomic mass is 16.7. The highest BCUT2D eigenvalue weighted by Gasteiger charge is 2.40. The number of hydrogen-bond acceptors (Lipinski definition) is 8. The van der Waals surface area contributed by atoms with Crippen molar-refractivity contribution in [3.05, 3.63) is 83.4 Å². The number of benzene rings is 3. The fourth-order valence-electron chi connectivity index (χ4n) is 6.72. The van der Waals surface area contributed by atoms with Crippen molar-refractivity contribution in [2.45, 2.75) is 76.0 Å². The van der Waals surface area contributed by atoms with Gasteiger partial charge in [0.25, 0.3) is 0 Å². The molecule has 3 saturated heterocycles. The van der Waals surface area contributed by atoms with Gasteiger partial charge in [0.2, 0.25) is 0 Å². The molecular weight excluding hydrogens is 570 g/mol. The molecule has 4 atom stereocenters. The molecular formula is C37H43NO7. The van der Waals surface area contributed by atoms with Crippen LogP contribution >= 0.6 is 0 Å². The lowest BCUT2D eigenvalue weighted by Crippen LogP contribution is -2.30. The first kappa shape index (κ1) is 30.1. The van der Waals surface area contributed by atoms with Crippen molar-refractivity contribution >= 4 is 5.78 Å². The van der Waals surface area contributed by atoms with Crippen LogP contribution in [0.5, 0.6) is 23.0 Å². The van der Waals surface area contributed by atoms with Crippen LogP contribution < -0.4 is 18.9 Å². The van der Waals surface area contributed by atoms with Crippen molar-refractivity contribution in [3.63, 3.8) is 0 Å². The minimum atomic E-state index is -0.587. The maximum Gasteiger partial charge on any atom is 0.199 e. The van der Waals surface area contributed by atoms with E-state index in [1.165, 1.54) is 12.8 Å². The van der Waals surface area contributed by atoms with Crippen LogP contribution in [-0.2, 0) is 9.47 Å². The van der Waals surface area contributed by atoms with Crippen LogP contribution in [0.15, 0.2) is 66.7 Å². The Kier molecular flexibility index (Phi) is 9.51. The maximum absolute atomic E-state index is 14.4. The number of ether oxygens (including phenoxy) is 6. The normalized spacial score (nSPS) is 25.3. The number of nitrogens with zero attached hydrogens (tertiary/aromatic N) is 1. The summed E-state index contributed by atoms with van der Waals surface area (Å²) in [4.78, 5) is 16.9. The van der Waals surface area contributed by atoms with Crippen molar-refractivity contribution in [2.24, 2.45) is 0 Å². The molecule has 8 nitrogen and oxygen atoms in total. The van der Waals surface area contributed by atoms with E-state index in [-0.39, 0.29) is 18.4 Å². The van der Waals surface area contributed by atoms with Crippen LogP contribution in [0.4, 0.5) is 0 Å². The first-order valence-electron chi connectivity index (χ1n) is 16.7. The predicted molar refractivity (Wildman–Crippen MR) is 169 cm³/mol. The number of fused-ring (bicyclic) bond motifs is 1. The second-order valence-electron chi connectivity index (χ2n) is 12.4. The van der Waals surface area contributed by atoms with Gasteiger partial charge in [0, 0.05) is 19.4 Å². The third-order valence-corrected chi connectivity index (χ3v) is 9.17. The minimum Gasteiger partial charge on any atom is -0.492 e. The summed E-state index contributed by atoms with van der Waals surface area (Å²) < 4.78 is 36.6. The van der Waals surface area contributed by atoms with Crippen LogP contribution in [0.3, 0.4) is 0 Å². The molecule has 3 fully saturated rings. The SMILES string of the molecule is O=C1c2cc(OC3CCCCO3)ccc2OC(c2ccc(OCCN3CCCC3)cc2)C1c1cccc(OC2CCCCO2)c1. The number of likely N-dealkylation sites (tertiary alicyclic amines) is 1. The van der Waals surface area contributed by atoms with E-state index >= 15 is 0 Å². The summed E-state index contributed by atoms with van der Waals surface area (Å²) in [5.41, 5.74) is 2.24. The zero-order chi connectivity index (χ0) is 30.4. The Hall–Kier alpha value is -3.59. The van der Waals surface area contributed by atoms with E-state index in [1.54, 1.807) is 6.07 Å². The van der Waals surface area contributed by atoms with E-state index in [1.807, 2.05) is 60.7 Å². The average molecular weight is 614 g/mol. The Morgan fingerprint density at radius 2 is 1.40 bits per heavy atom. The topological polar surface area (TPSA) is 75.7 Å². The summed E-state index contributed by atoms with van der Waals surface area (Å²) >= 11 is 0. The fourth-order valence-corrected chi connectivity index (χ4v) is 6.72. The third kappa shape index (κ3) is 7.29. The molecule has 8 heteroatoms. The number of Topliss-reactive ketones (excluding diaryl/α,β-unsaturated/α-hetero) is 1. The van der Waals surface area contributed by atoms with Gasteiger partial charge in [-0.15, -0.1) is 0 Å². The predicted octanol–water partition coefficient (Wildman–Crippen LogP) is 7.07. The number of carbonyl (C=O) groups is 1. The first-order chi connectivity index (χ1) is 22.2. The van der Waals surface area contributed by atoms with Crippen molar-refractivity contribution in [1.29, 1.82) is 0 Å². The molecule has 0 saturated carbocycles. The quantitative estimate of drug-likeness (QED) is 0.240. The molecule has 4 unspecified atom stereocenters. The highest BCUT2D eigenvalue weighted by molar-refractivity contribution is 6.05. The highest BCUT2D eigenvalue weighted by Crippen LogP contribution is 2.46. The van der Waals surface area contributed by atoms with Gasteiger partial charge in [-0.2, -0.15) is 0 Å². The molecule has 45 heavy (non-hydrogen) atoms. The lowest BCUT2D eigenvalue weighted by atomic mass is 9.81. The van der Waals surface area contributed by atoms with Gasteiger partial charge in [-0.05, 0) is 105 Å². The number of rotatable bonds is 10. The smallest absolute Gasteiger partial charge is 0.199 e. The molecule has 7 rings (SSSR count). The first-order valence-corrected chi connectivity index (χ1v) is 16.7. The van der Waals surface area contributed by atoms with Gasteiger partial charge in [0.05, 0.1) is 24.7 Å². The van der Waals surface area contributed by atoms with Crippen molar-refractivity contribution in [3.8, 4) is 23.0 Å². The third-order valence-electron chi connectivity index (χ3n) is 9.17. The van der Waals surface area contributed by atoms with E-state index < -0.39 is 12.0 Å². The van der Waals surface area contributed by atoms with Crippen LogP contribution in [-0.4, -0.2) is 62.7 Å². The van der Waals surface area contributed by atoms with Crippen molar-refractivity contribution < 1.29 is 33.2 Å². The summed E-state index contributed by atoms with van der Waals surface area (Å²) in [6, 6.07) is 21.2. The zero-order valence-corrected chi connectivity index (χ0v) is 25.9. The Bertz CT molecular complexity index is 1420. The Labute approximate surface area is 265 Å². The minimum absolute atomic E-state index is 0.0201. The monoisotopic (exact) mass is 613 g/mol. The molecule has 0 amide bonds. The zero-order valence-electron chi connectivity index (χ0n) is 25.9. The van der Waals surface area contributed by atoms with Gasteiger partial charge in [0.1, 0.15) is 35.7 Å². The van der Waals surface area contributed by atoms with Gasteiger partial charge in [-0.1, -0.05) is 24.3 Å². The summed E-state index contributed by atoms with van der Waals surface area (Å²) in [7, 11) is 0. The Balaban J connectivity index is 1.14. The van der Waals surface area contributed by atoms with Gasteiger partial charge < -0.3 is 28.4 Å². The van der Waals surface area contributed by atoms with Gasteiger partial charge in [-0.3, -0.25) is 9.69 Å². The van der Waals surface area contributed by atoms with Crippen LogP contribution in [0, 0.1) is 0 Å². The number of carbonyl (C=O) groups excluding carboxylic acids is 1. The molecule has 0 N–H and O–H groups in total. The Morgan fingerprint density at radius 1 is 0.711 bits per heavy atom. The number of hydrogen-bond donors (Lipinski definition) is 0. The molecule has 238 valence electrons. The largest absolute Gasteiger partial charge is 0.492 e. The maximum atomic E-state index is 14.4. The molecule has 0 spiro atoms.